The molecule has 2 fully saturated rings. The summed E-state index contributed by atoms with van der Waals surface area (Å²) < 4.78 is 38.2. The number of halogens is 3. The van der Waals surface area contributed by atoms with Crippen LogP contribution in [-0.2, 0) is 15.8 Å². The van der Waals surface area contributed by atoms with E-state index < -0.39 is 53.8 Å². The molecule has 8 nitrogen and oxygen atoms in total. The molecule has 28 heavy (non-hydrogen) atoms. The maximum Gasteiger partial charge on any atom is 0.416 e. The number of carbonyl (C=O) groups is 3. The summed E-state index contributed by atoms with van der Waals surface area (Å²) in [5.41, 5.74) is -0.930. The van der Waals surface area contributed by atoms with Gasteiger partial charge < -0.3 is 26.0 Å². The van der Waals surface area contributed by atoms with Gasteiger partial charge in [-0.1, -0.05) is 6.07 Å². The Labute approximate surface area is 158 Å². The van der Waals surface area contributed by atoms with Crippen LogP contribution in [0.15, 0.2) is 24.3 Å². The van der Waals surface area contributed by atoms with Gasteiger partial charge in [-0.25, -0.2) is 4.79 Å². The number of amides is 4. The van der Waals surface area contributed by atoms with Gasteiger partial charge in [-0.15, -0.1) is 0 Å². The monoisotopic (exact) mass is 400 g/mol. The third-order valence-electron chi connectivity index (χ3n) is 4.72. The lowest BCUT2D eigenvalue weighted by Crippen LogP contribution is -2.64. The van der Waals surface area contributed by atoms with E-state index in [2.05, 4.69) is 16.0 Å². The van der Waals surface area contributed by atoms with Crippen LogP contribution in [-0.4, -0.2) is 58.6 Å². The predicted molar refractivity (Wildman–Crippen MR) is 91.1 cm³/mol. The molecule has 11 heteroatoms. The van der Waals surface area contributed by atoms with Gasteiger partial charge in [-0.3, -0.25) is 9.59 Å². The van der Waals surface area contributed by atoms with Crippen LogP contribution in [0.5, 0.6) is 0 Å². The fourth-order valence-corrected chi connectivity index (χ4v) is 3.38. The van der Waals surface area contributed by atoms with E-state index >= 15 is 0 Å². The zero-order chi connectivity index (χ0) is 20.6. The highest BCUT2D eigenvalue weighted by Crippen LogP contribution is 2.30. The summed E-state index contributed by atoms with van der Waals surface area (Å²) in [6.45, 7) is 1.45. The van der Waals surface area contributed by atoms with E-state index in [0.29, 0.717) is 0 Å². The van der Waals surface area contributed by atoms with Crippen LogP contribution in [0.3, 0.4) is 0 Å². The third kappa shape index (κ3) is 4.03. The molecule has 1 aromatic rings. The molecule has 4 N–H and O–H groups in total. The Morgan fingerprint density at radius 1 is 1.36 bits per heavy atom. The van der Waals surface area contributed by atoms with Gasteiger partial charge in [-0.2, -0.15) is 13.2 Å². The summed E-state index contributed by atoms with van der Waals surface area (Å²) in [5, 5.41) is 17.0. The Morgan fingerprint density at radius 3 is 2.71 bits per heavy atom. The minimum absolute atomic E-state index is 0.0361. The van der Waals surface area contributed by atoms with Gasteiger partial charge in [-0.05, 0) is 31.5 Å². The lowest BCUT2D eigenvalue weighted by molar-refractivity contribution is -0.149. The van der Waals surface area contributed by atoms with Crippen LogP contribution in [0.25, 0.3) is 0 Å². The Kier molecular flexibility index (Phi) is 5.20. The molecule has 0 unspecified atom stereocenters. The molecule has 3 rings (SSSR count). The van der Waals surface area contributed by atoms with E-state index in [1.165, 1.54) is 24.0 Å². The highest BCUT2D eigenvalue weighted by atomic mass is 19.4. The molecule has 1 aromatic carbocycles. The normalized spacial score (nSPS) is 25.8. The first-order valence-corrected chi connectivity index (χ1v) is 8.60. The number of hydrogen-bond donors (Lipinski definition) is 4. The van der Waals surface area contributed by atoms with E-state index in [1.54, 1.807) is 0 Å². The predicted octanol–water partition coefficient (Wildman–Crippen LogP) is 0.676. The van der Waals surface area contributed by atoms with Crippen molar-refractivity contribution in [2.75, 3.05) is 11.9 Å². The molecule has 0 aliphatic carbocycles. The van der Waals surface area contributed by atoms with E-state index in [-0.39, 0.29) is 18.7 Å². The molecule has 2 aliphatic rings. The molecule has 2 heterocycles. The van der Waals surface area contributed by atoms with Gasteiger partial charge in [0.2, 0.25) is 11.8 Å². The van der Waals surface area contributed by atoms with Crippen molar-refractivity contribution in [3.05, 3.63) is 29.8 Å². The van der Waals surface area contributed by atoms with Crippen LogP contribution in [0.1, 0.15) is 18.9 Å². The Hall–Kier alpha value is -2.82. The molecule has 4 amide bonds. The summed E-state index contributed by atoms with van der Waals surface area (Å²) in [4.78, 5) is 37.9. The number of urea groups is 1. The number of nitrogens with one attached hydrogen (secondary N) is 3. The van der Waals surface area contributed by atoms with Gasteiger partial charge in [0.15, 0.2) is 0 Å². The van der Waals surface area contributed by atoms with Crippen LogP contribution in [0.4, 0.5) is 23.7 Å². The van der Waals surface area contributed by atoms with Gasteiger partial charge in [0, 0.05) is 12.2 Å². The molecular formula is C17H19F3N4O4. The number of carbonyl (C=O) groups excluding carboxylic acids is 3. The molecule has 0 radical (unpaired) electrons. The smallest absolute Gasteiger partial charge is 0.391 e. The fourth-order valence-electron chi connectivity index (χ4n) is 3.38. The molecule has 4 atom stereocenters. The van der Waals surface area contributed by atoms with Crippen molar-refractivity contribution in [3.63, 3.8) is 0 Å². The van der Waals surface area contributed by atoms with Gasteiger partial charge in [0.25, 0.3) is 0 Å². The number of aliphatic hydroxyl groups excluding tert-OH is 1. The first kappa shape index (κ1) is 19.9. The second-order valence-electron chi connectivity index (χ2n) is 6.84. The van der Waals surface area contributed by atoms with E-state index in [9.17, 15) is 32.7 Å². The maximum absolute atomic E-state index is 12.7. The van der Waals surface area contributed by atoms with Gasteiger partial charge in [0.1, 0.15) is 12.1 Å². The molecule has 0 saturated carbocycles. The van der Waals surface area contributed by atoms with Crippen molar-refractivity contribution in [2.45, 2.75) is 43.8 Å². The van der Waals surface area contributed by atoms with Crippen LogP contribution < -0.4 is 16.0 Å². The number of hydrogen-bond acceptors (Lipinski definition) is 4. The standard InChI is InChI=1S/C17H19F3N4O4/c1-8(25)13-15(27)24-7-11(6-12(24)14(26)23-13)22-16(28)21-10-4-2-3-9(5-10)17(18,19)20/h2-5,8,11-13,25H,6-7H2,1H3,(H,23,26)(H2,21,22,28)/t8-,11+,12+,13+/m1/s1. The molecule has 152 valence electrons. The molecule has 0 bridgehead atoms. The Balaban J connectivity index is 1.62. The fraction of sp³-hybridized carbons (Fsp3) is 0.471. The van der Waals surface area contributed by atoms with Crippen LogP contribution in [0.2, 0.25) is 0 Å². The number of benzene rings is 1. The van der Waals surface area contributed by atoms with E-state index in [0.717, 1.165) is 12.1 Å². The SMILES string of the molecule is C[C@@H](O)[C@@H]1NC(=O)[C@@H]2C[C@H](NC(=O)Nc3cccc(C(F)(F)F)c3)CN2C1=O. The molecule has 2 aliphatic heterocycles. The van der Waals surface area contributed by atoms with Gasteiger partial charge >= 0.3 is 12.2 Å². The number of piperazine rings is 1. The van der Waals surface area contributed by atoms with Crippen molar-refractivity contribution >= 4 is 23.5 Å². The summed E-state index contributed by atoms with van der Waals surface area (Å²) in [6, 6.07) is 1.08. The summed E-state index contributed by atoms with van der Waals surface area (Å²) in [7, 11) is 0. The lowest BCUT2D eigenvalue weighted by atomic mass is 10.0. The average molecular weight is 400 g/mol. The van der Waals surface area contributed by atoms with Crippen molar-refractivity contribution in [2.24, 2.45) is 0 Å². The van der Waals surface area contributed by atoms with Crippen LogP contribution >= 0.6 is 0 Å². The van der Waals surface area contributed by atoms with Crippen LogP contribution in [0, 0.1) is 0 Å². The number of alkyl halides is 3. The topological polar surface area (TPSA) is 111 Å². The van der Waals surface area contributed by atoms with Crippen molar-refractivity contribution < 1.29 is 32.7 Å². The van der Waals surface area contributed by atoms with Crippen molar-refractivity contribution in [1.82, 2.24) is 15.5 Å². The van der Waals surface area contributed by atoms with E-state index in [1.807, 2.05) is 0 Å². The second-order valence-corrected chi connectivity index (χ2v) is 6.84. The quantitative estimate of drug-likeness (QED) is 0.598. The largest absolute Gasteiger partial charge is 0.416 e. The number of rotatable bonds is 3. The zero-order valence-electron chi connectivity index (χ0n) is 14.8. The average Bonchev–Trinajstić information content (AvgIpc) is 3.01. The minimum atomic E-state index is -4.53. The Bertz CT molecular complexity index is 799. The molecule has 0 aromatic heterocycles. The molecular weight excluding hydrogens is 381 g/mol. The first-order valence-electron chi connectivity index (χ1n) is 8.60. The van der Waals surface area contributed by atoms with Gasteiger partial charge in [0.05, 0.1) is 17.7 Å². The van der Waals surface area contributed by atoms with Crippen molar-refractivity contribution in [1.29, 1.82) is 0 Å². The third-order valence-corrected chi connectivity index (χ3v) is 4.72. The number of anilines is 1. The second kappa shape index (κ2) is 7.30. The summed E-state index contributed by atoms with van der Waals surface area (Å²) in [5.74, 6) is -0.865. The molecule has 0 spiro atoms. The molecule has 2 saturated heterocycles. The number of nitrogens with zero attached hydrogens (tertiary/aromatic N) is 1. The highest BCUT2D eigenvalue weighted by Gasteiger charge is 2.47. The minimum Gasteiger partial charge on any atom is -0.391 e. The highest BCUT2D eigenvalue weighted by molar-refractivity contribution is 5.98. The summed E-state index contributed by atoms with van der Waals surface area (Å²) >= 11 is 0. The van der Waals surface area contributed by atoms with E-state index in [4.69, 9.17) is 0 Å². The zero-order valence-corrected chi connectivity index (χ0v) is 14.8. The summed E-state index contributed by atoms with van der Waals surface area (Å²) in [6.07, 6.45) is -5.43. The van der Waals surface area contributed by atoms with Crippen molar-refractivity contribution in [3.8, 4) is 0 Å². The number of aliphatic hydroxyl groups is 1. The maximum atomic E-state index is 12.7. The lowest BCUT2D eigenvalue weighted by Gasteiger charge is -2.35. The first-order chi connectivity index (χ1) is 13.1. The Morgan fingerprint density at radius 2 is 2.07 bits per heavy atom. The number of fused-ring (bicyclic) bond motifs is 1.